The van der Waals surface area contributed by atoms with Crippen molar-refractivity contribution in [3.05, 3.63) is 35.9 Å². The SMILES string of the molecule is CC[C@@H](C(=O)N1CCCSC[C@H]1CN(C)C)c1ccccc1. The van der Waals surface area contributed by atoms with Crippen LogP contribution in [0.4, 0.5) is 0 Å². The molecule has 122 valence electrons. The fraction of sp³-hybridized carbons (Fsp3) is 0.611. The smallest absolute Gasteiger partial charge is 0.230 e. The van der Waals surface area contributed by atoms with Gasteiger partial charge >= 0.3 is 0 Å². The summed E-state index contributed by atoms with van der Waals surface area (Å²) in [5, 5.41) is 0. The zero-order valence-electron chi connectivity index (χ0n) is 14.0. The van der Waals surface area contributed by atoms with Crippen molar-refractivity contribution >= 4 is 17.7 Å². The van der Waals surface area contributed by atoms with Crippen LogP contribution in [0.1, 0.15) is 31.2 Å². The van der Waals surface area contributed by atoms with Gasteiger partial charge in [-0.2, -0.15) is 11.8 Å². The van der Waals surface area contributed by atoms with Gasteiger partial charge in [-0.15, -0.1) is 0 Å². The highest BCUT2D eigenvalue weighted by molar-refractivity contribution is 7.99. The van der Waals surface area contributed by atoms with Gasteiger partial charge < -0.3 is 9.80 Å². The molecule has 2 rings (SSSR count). The van der Waals surface area contributed by atoms with Gasteiger partial charge in [0, 0.05) is 18.8 Å². The third kappa shape index (κ3) is 4.50. The van der Waals surface area contributed by atoms with E-state index in [1.54, 1.807) is 0 Å². The number of carbonyl (C=O) groups excluding carboxylic acids is 1. The second kappa shape index (κ2) is 8.59. The molecule has 1 amide bonds. The maximum atomic E-state index is 13.2. The second-order valence-electron chi connectivity index (χ2n) is 6.25. The summed E-state index contributed by atoms with van der Waals surface area (Å²) in [7, 11) is 4.18. The number of amides is 1. The molecule has 1 aromatic rings. The van der Waals surface area contributed by atoms with Gasteiger partial charge in [0.25, 0.3) is 0 Å². The number of hydrogen-bond donors (Lipinski definition) is 0. The molecule has 0 N–H and O–H groups in total. The van der Waals surface area contributed by atoms with Gasteiger partial charge in [0.2, 0.25) is 5.91 Å². The third-order valence-electron chi connectivity index (χ3n) is 4.21. The lowest BCUT2D eigenvalue weighted by Crippen LogP contribution is -2.48. The van der Waals surface area contributed by atoms with Gasteiger partial charge in [0.15, 0.2) is 0 Å². The van der Waals surface area contributed by atoms with Crippen molar-refractivity contribution in [2.75, 3.05) is 38.7 Å². The number of nitrogens with zero attached hydrogens (tertiary/aromatic N) is 2. The summed E-state index contributed by atoms with van der Waals surface area (Å²) in [6.45, 7) is 3.96. The number of carbonyl (C=O) groups is 1. The van der Waals surface area contributed by atoms with Crippen molar-refractivity contribution in [3.63, 3.8) is 0 Å². The summed E-state index contributed by atoms with van der Waals surface area (Å²) in [6, 6.07) is 10.6. The van der Waals surface area contributed by atoms with Crippen molar-refractivity contribution in [2.24, 2.45) is 0 Å². The first kappa shape index (κ1) is 17.4. The van der Waals surface area contributed by atoms with E-state index in [2.05, 4.69) is 43.0 Å². The Bertz CT molecular complexity index is 463. The summed E-state index contributed by atoms with van der Waals surface area (Å²) in [4.78, 5) is 17.5. The highest BCUT2D eigenvalue weighted by atomic mass is 32.2. The predicted octanol–water partition coefficient (Wildman–Crippen LogP) is 3.08. The highest BCUT2D eigenvalue weighted by Gasteiger charge is 2.30. The molecular weight excluding hydrogens is 292 g/mol. The van der Waals surface area contributed by atoms with Crippen LogP contribution in [0.2, 0.25) is 0 Å². The first-order valence-corrected chi connectivity index (χ1v) is 9.36. The molecular formula is C18H28N2OS. The molecule has 0 aliphatic carbocycles. The molecule has 1 aromatic carbocycles. The molecule has 0 radical (unpaired) electrons. The minimum atomic E-state index is -0.00559. The molecule has 1 saturated heterocycles. The molecule has 2 atom stereocenters. The van der Waals surface area contributed by atoms with Crippen molar-refractivity contribution in [2.45, 2.75) is 31.7 Å². The van der Waals surface area contributed by atoms with E-state index < -0.39 is 0 Å². The van der Waals surface area contributed by atoms with Gasteiger partial charge in [-0.1, -0.05) is 37.3 Å². The summed E-state index contributed by atoms with van der Waals surface area (Å²) in [5.41, 5.74) is 1.15. The standard InChI is InChI=1S/C18H28N2OS/c1-4-17(15-9-6-5-7-10-15)18(21)20-11-8-12-22-14-16(20)13-19(2)3/h5-7,9-10,16-17H,4,8,11-14H2,1-3H3/t16-,17-/m1/s1. The van der Waals surface area contributed by atoms with Crippen LogP contribution in [0.3, 0.4) is 0 Å². The van der Waals surface area contributed by atoms with Crippen molar-refractivity contribution in [1.29, 1.82) is 0 Å². The first-order valence-electron chi connectivity index (χ1n) is 8.21. The van der Waals surface area contributed by atoms with Gasteiger partial charge in [0.1, 0.15) is 0 Å². The Morgan fingerprint density at radius 1 is 1.36 bits per heavy atom. The van der Waals surface area contributed by atoms with E-state index in [1.165, 1.54) is 0 Å². The van der Waals surface area contributed by atoms with E-state index >= 15 is 0 Å². The summed E-state index contributed by atoms with van der Waals surface area (Å²) >= 11 is 1.98. The summed E-state index contributed by atoms with van der Waals surface area (Å²) < 4.78 is 0. The van der Waals surface area contributed by atoms with Crippen LogP contribution in [0, 0.1) is 0 Å². The molecule has 3 nitrogen and oxygen atoms in total. The molecule has 1 fully saturated rings. The Labute approximate surface area is 139 Å². The Morgan fingerprint density at radius 2 is 2.09 bits per heavy atom. The molecule has 1 aliphatic rings. The molecule has 22 heavy (non-hydrogen) atoms. The zero-order chi connectivity index (χ0) is 15.9. The molecule has 0 aromatic heterocycles. The van der Waals surface area contributed by atoms with Crippen LogP contribution in [0.5, 0.6) is 0 Å². The average Bonchev–Trinajstić information content (AvgIpc) is 2.74. The predicted molar refractivity (Wildman–Crippen MR) is 95.5 cm³/mol. The minimum Gasteiger partial charge on any atom is -0.337 e. The lowest BCUT2D eigenvalue weighted by atomic mass is 9.94. The minimum absolute atomic E-state index is 0.00559. The number of likely N-dealkylation sites (N-methyl/N-ethyl adjacent to an activating group) is 1. The van der Waals surface area contributed by atoms with Gasteiger partial charge in [-0.05, 0) is 38.3 Å². The highest BCUT2D eigenvalue weighted by Crippen LogP contribution is 2.26. The van der Waals surface area contributed by atoms with E-state index in [1.807, 2.05) is 30.0 Å². The molecule has 0 unspecified atom stereocenters. The molecule has 1 aliphatic heterocycles. The van der Waals surface area contributed by atoms with E-state index in [9.17, 15) is 4.79 Å². The Morgan fingerprint density at radius 3 is 2.73 bits per heavy atom. The van der Waals surface area contributed by atoms with E-state index in [4.69, 9.17) is 0 Å². The Balaban J connectivity index is 2.18. The van der Waals surface area contributed by atoms with Gasteiger partial charge in [-0.25, -0.2) is 0 Å². The molecule has 0 bridgehead atoms. The Kier molecular flexibility index (Phi) is 6.77. The summed E-state index contributed by atoms with van der Waals surface area (Å²) in [6.07, 6.45) is 1.97. The topological polar surface area (TPSA) is 23.6 Å². The second-order valence-corrected chi connectivity index (χ2v) is 7.40. The molecule has 4 heteroatoms. The average molecular weight is 321 g/mol. The van der Waals surface area contributed by atoms with Crippen molar-refractivity contribution < 1.29 is 4.79 Å². The largest absolute Gasteiger partial charge is 0.337 e. The molecule has 1 heterocycles. The summed E-state index contributed by atoms with van der Waals surface area (Å²) in [5.74, 6) is 2.52. The van der Waals surface area contributed by atoms with E-state index in [0.29, 0.717) is 11.9 Å². The van der Waals surface area contributed by atoms with Gasteiger partial charge in [0.05, 0.1) is 12.0 Å². The number of hydrogen-bond acceptors (Lipinski definition) is 3. The maximum Gasteiger partial charge on any atom is 0.230 e. The quantitative estimate of drug-likeness (QED) is 0.833. The van der Waals surface area contributed by atoms with Gasteiger partial charge in [-0.3, -0.25) is 4.79 Å². The van der Waals surface area contributed by atoms with Crippen LogP contribution in [-0.4, -0.2) is 60.4 Å². The fourth-order valence-electron chi connectivity index (χ4n) is 3.13. The fourth-order valence-corrected chi connectivity index (χ4v) is 4.19. The Hall–Kier alpha value is -1.00. The third-order valence-corrected chi connectivity index (χ3v) is 5.40. The molecule has 0 saturated carbocycles. The van der Waals surface area contributed by atoms with Crippen LogP contribution in [0.25, 0.3) is 0 Å². The lowest BCUT2D eigenvalue weighted by molar-refractivity contribution is -0.135. The van der Waals surface area contributed by atoms with Crippen molar-refractivity contribution in [1.82, 2.24) is 9.80 Å². The zero-order valence-corrected chi connectivity index (χ0v) is 14.8. The van der Waals surface area contributed by atoms with E-state index in [-0.39, 0.29) is 5.92 Å². The van der Waals surface area contributed by atoms with Crippen LogP contribution in [-0.2, 0) is 4.79 Å². The van der Waals surface area contributed by atoms with Crippen LogP contribution >= 0.6 is 11.8 Å². The number of benzene rings is 1. The lowest BCUT2D eigenvalue weighted by Gasteiger charge is -2.34. The van der Waals surface area contributed by atoms with Crippen LogP contribution in [0.15, 0.2) is 30.3 Å². The number of thioether (sulfide) groups is 1. The normalized spacial score (nSPS) is 20.7. The van der Waals surface area contributed by atoms with E-state index in [0.717, 1.165) is 43.0 Å². The number of rotatable bonds is 5. The van der Waals surface area contributed by atoms with Crippen molar-refractivity contribution in [3.8, 4) is 0 Å². The van der Waals surface area contributed by atoms with Crippen LogP contribution < -0.4 is 0 Å². The molecule has 0 spiro atoms. The first-order chi connectivity index (χ1) is 10.6. The maximum absolute atomic E-state index is 13.2. The monoisotopic (exact) mass is 320 g/mol.